The predicted molar refractivity (Wildman–Crippen MR) is 57.8 cm³/mol. The third-order valence-corrected chi connectivity index (χ3v) is 3.85. The lowest BCUT2D eigenvalue weighted by Gasteiger charge is -2.16. The van der Waals surface area contributed by atoms with Crippen LogP contribution in [0.25, 0.3) is 0 Å². The Morgan fingerprint density at radius 3 is 2.53 bits per heavy atom. The van der Waals surface area contributed by atoms with Gasteiger partial charge in [-0.2, -0.15) is 0 Å². The maximum Gasteiger partial charge on any atom is 0.226 e. The van der Waals surface area contributed by atoms with Crippen molar-refractivity contribution in [1.82, 2.24) is 10.2 Å². The number of hydrogen-bond donors (Lipinski definition) is 2. The van der Waals surface area contributed by atoms with Gasteiger partial charge in [0.2, 0.25) is 5.91 Å². The van der Waals surface area contributed by atoms with Gasteiger partial charge in [0.05, 0.1) is 6.10 Å². The number of carbonyl (C=O) groups is 1. The first kappa shape index (κ1) is 11.2. The molecule has 1 aliphatic carbocycles. The fourth-order valence-electron chi connectivity index (χ4n) is 2.94. The Labute approximate surface area is 95.4 Å². The first-order valence-corrected chi connectivity index (χ1v) is 5.45. The van der Waals surface area contributed by atoms with E-state index in [4.69, 9.17) is 0 Å². The second-order valence-electron chi connectivity index (χ2n) is 4.74. The molecular weight excluding hydrogens is 216 g/mol. The van der Waals surface area contributed by atoms with E-state index >= 15 is 0 Å². The van der Waals surface area contributed by atoms with Gasteiger partial charge in [-0.15, -0.1) is 12.4 Å². The van der Waals surface area contributed by atoms with E-state index in [0.717, 1.165) is 26.1 Å². The highest BCUT2D eigenvalue weighted by Gasteiger charge is 2.58. The molecule has 3 fully saturated rings. The summed E-state index contributed by atoms with van der Waals surface area (Å²) in [4.78, 5) is 13.8. The number of piperidine rings is 1. The number of aliphatic hydroxyl groups is 1. The van der Waals surface area contributed by atoms with E-state index in [-0.39, 0.29) is 30.3 Å². The zero-order valence-electron chi connectivity index (χ0n) is 8.56. The quantitative estimate of drug-likeness (QED) is 0.639. The molecule has 4 nitrogen and oxygen atoms in total. The summed E-state index contributed by atoms with van der Waals surface area (Å²) in [6.45, 7) is 3.33. The third-order valence-electron chi connectivity index (χ3n) is 3.85. The zero-order valence-corrected chi connectivity index (χ0v) is 9.37. The number of fused-ring (bicyclic) bond motifs is 1. The number of carbonyl (C=O) groups excluding carboxylic acids is 1. The van der Waals surface area contributed by atoms with Crippen LogP contribution >= 0.6 is 12.4 Å². The Balaban J connectivity index is 0.000000853. The van der Waals surface area contributed by atoms with Gasteiger partial charge in [0, 0.05) is 19.0 Å². The maximum absolute atomic E-state index is 12.0. The molecule has 1 saturated carbocycles. The van der Waals surface area contributed by atoms with Gasteiger partial charge in [0.1, 0.15) is 0 Å². The van der Waals surface area contributed by atoms with Crippen molar-refractivity contribution in [2.45, 2.75) is 12.5 Å². The van der Waals surface area contributed by atoms with Gasteiger partial charge < -0.3 is 15.3 Å². The summed E-state index contributed by atoms with van der Waals surface area (Å²) in [5.74, 6) is 1.76. The first-order valence-electron chi connectivity index (χ1n) is 5.45. The molecule has 0 aromatic heterocycles. The molecule has 3 rings (SSSR count). The number of nitrogens with zero attached hydrogens (tertiary/aromatic N) is 1. The molecule has 0 radical (unpaired) electrons. The second kappa shape index (κ2) is 3.92. The highest BCUT2D eigenvalue weighted by atomic mass is 35.5. The minimum atomic E-state index is -0.282. The molecule has 2 saturated heterocycles. The highest BCUT2D eigenvalue weighted by molar-refractivity contribution is 5.85. The maximum atomic E-state index is 12.0. The Bertz CT molecular complexity index is 260. The molecule has 0 aromatic rings. The summed E-state index contributed by atoms with van der Waals surface area (Å²) in [5.41, 5.74) is 0. The van der Waals surface area contributed by atoms with Crippen molar-refractivity contribution in [3.63, 3.8) is 0 Å². The lowest BCUT2D eigenvalue weighted by atomic mass is 10.2. The number of hydrogen-bond acceptors (Lipinski definition) is 3. The van der Waals surface area contributed by atoms with Crippen LogP contribution in [0.1, 0.15) is 6.42 Å². The third kappa shape index (κ3) is 1.75. The van der Waals surface area contributed by atoms with Crippen molar-refractivity contribution in [3.8, 4) is 0 Å². The van der Waals surface area contributed by atoms with Gasteiger partial charge in [-0.1, -0.05) is 0 Å². The van der Waals surface area contributed by atoms with Gasteiger partial charge in [-0.05, 0) is 31.3 Å². The van der Waals surface area contributed by atoms with Crippen LogP contribution in [-0.4, -0.2) is 48.2 Å². The van der Waals surface area contributed by atoms with Gasteiger partial charge in [-0.25, -0.2) is 0 Å². The Kier molecular flexibility index (Phi) is 2.92. The fraction of sp³-hybridized carbons (Fsp3) is 0.900. The van der Waals surface area contributed by atoms with Crippen LogP contribution in [0.4, 0.5) is 0 Å². The van der Waals surface area contributed by atoms with Crippen molar-refractivity contribution < 1.29 is 9.90 Å². The molecule has 2 aliphatic heterocycles. The number of β-amino-alcohol motifs (C(OH)–C–C–N with tert-alkyl or cyclic N) is 1. The summed E-state index contributed by atoms with van der Waals surface area (Å²) >= 11 is 0. The number of aliphatic hydroxyl groups excluding tert-OH is 1. The molecule has 1 amide bonds. The zero-order chi connectivity index (χ0) is 9.71. The van der Waals surface area contributed by atoms with E-state index < -0.39 is 0 Å². The molecule has 86 valence electrons. The molecular formula is C10H17ClN2O2. The summed E-state index contributed by atoms with van der Waals surface area (Å²) in [6.07, 6.45) is 0.474. The normalized spacial score (nSPS) is 42.3. The molecule has 2 heterocycles. The van der Waals surface area contributed by atoms with Crippen molar-refractivity contribution >= 4 is 18.3 Å². The molecule has 2 N–H and O–H groups in total. The van der Waals surface area contributed by atoms with E-state index in [1.807, 2.05) is 4.90 Å². The van der Waals surface area contributed by atoms with Crippen LogP contribution in [0, 0.1) is 17.8 Å². The average Bonchev–Trinajstić information content (AvgIpc) is 2.56. The van der Waals surface area contributed by atoms with Crippen LogP contribution in [0.5, 0.6) is 0 Å². The molecule has 0 bridgehead atoms. The highest BCUT2D eigenvalue weighted by Crippen LogP contribution is 2.49. The van der Waals surface area contributed by atoms with Gasteiger partial charge in [0.15, 0.2) is 0 Å². The summed E-state index contributed by atoms with van der Waals surface area (Å²) in [5, 5.41) is 12.6. The minimum Gasteiger partial charge on any atom is -0.391 e. The smallest absolute Gasteiger partial charge is 0.226 e. The summed E-state index contributed by atoms with van der Waals surface area (Å²) in [6, 6.07) is 0. The minimum absolute atomic E-state index is 0. The van der Waals surface area contributed by atoms with Crippen molar-refractivity contribution in [1.29, 1.82) is 0 Å². The topological polar surface area (TPSA) is 52.6 Å². The molecule has 0 aromatic carbocycles. The number of nitrogens with one attached hydrogen (secondary N) is 1. The molecule has 3 aliphatic rings. The Morgan fingerprint density at radius 2 is 2.00 bits per heavy atom. The predicted octanol–water partition coefficient (Wildman–Crippen LogP) is -0.533. The fourth-order valence-corrected chi connectivity index (χ4v) is 2.94. The van der Waals surface area contributed by atoms with Gasteiger partial charge >= 0.3 is 0 Å². The van der Waals surface area contributed by atoms with E-state index in [0.29, 0.717) is 18.4 Å². The lowest BCUT2D eigenvalue weighted by molar-refractivity contribution is -0.132. The average molecular weight is 233 g/mol. The van der Waals surface area contributed by atoms with E-state index in [2.05, 4.69) is 5.32 Å². The Hall–Kier alpha value is -0.320. The second-order valence-corrected chi connectivity index (χ2v) is 4.74. The van der Waals surface area contributed by atoms with Gasteiger partial charge in [-0.3, -0.25) is 4.79 Å². The number of halogens is 1. The summed E-state index contributed by atoms with van der Waals surface area (Å²) in [7, 11) is 0. The number of amides is 1. The molecule has 4 atom stereocenters. The molecule has 5 heteroatoms. The van der Waals surface area contributed by atoms with E-state index in [9.17, 15) is 9.90 Å². The lowest BCUT2D eigenvalue weighted by Crippen LogP contribution is -2.33. The van der Waals surface area contributed by atoms with Crippen LogP contribution in [0.15, 0.2) is 0 Å². The molecule has 15 heavy (non-hydrogen) atoms. The monoisotopic (exact) mass is 232 g/mol. The van der Waals surface area contributed by atoms with Gasteiger partial charge in [0.25, 0.3) is 0 Å². The van der Waals surface area contributed by atoms with E-state index in [1.165, 1.54) is 0 Å². The van der Waals surface area contributed by atoms with Crippen molar-refractivity contribution in [2.75, 3.05) is 26.2 Å². The SMILES string of the molecule is Cl.O=C(C1[C@H]2CNC[C@@H]12)N1CC[C@@H](O)C1. The molecule has 1 unspecified atom stereocenters. The standard InChI is InChI=1S/C10H16N2O2.ClH/c13-6-1-2-12(5-6)10(14)9-7-3-11-4-8(7)9;/h6-9,11,13H,1-5H2;1H/t6-,7-,8+,9?;/m1./s1. The molecule has 0 spiro atoms. The van der Waals surface area contributed by atoms with E-state index in [1.54, 1.807) is 0 Å². The van der Waals surface area contributed by atoms with Crippen LogP contribution in [0.2, 0.25) is 0 Å². The number of likely N-dealkylation sites (tertiary alicyclic amines) is 1. The number of rotatable bonds is 1. The van der Waals surface area contributed by atoms with Crippen LogP contribution in [0.3, 0.4) is 0 Å². The van der Waals surface area contributed by atoms with Crippen LogP contribution < -0.4 is 5.32 Å². The first-order chi connectivity index (χ1) is 6.77. The Morgan fingerprint density at radius 1 is 1.33 bits per heavy atom. The van der Waals surface area contributed by atoms with Crippen molar-refractivity contribution in [2.24, 2.45) is 17.8 Å². The summed E-state index contributed by atoms with van der Waals surface area (Å²) < 4.78 is 0. The van der Waals surface area contributed by atoms with Crippen LogP contribution in [-0.2, 0) is 4.79 Å². The van der Waals surface area contributed by atoms with Crippen molar-refractivity contribution in [3.05, 3.63) is 0 Å². The largest absolute Gasteiger partial charge is 0.391 e.